The lowest BCUT2D eigenvalue weighted by molar-refractivity contribution is 0.0616. The zero-order valence-electron chi connectivity index (χ0n) is 10.8. The molecule has 0 bridgehead atoms. The van der Waals surface area contributed by atoms with Crippen LogP contribution in [-0.2, 0) is 0 Å². The van der Waals surface area contributed by atoms with Crippen molar-refractivity contribution in [1.82, 2.24) is 10.2 Å². The van der Waals surface area contributed by atoms with Gasteiger partial charge in [-0.05, 0) is 26.0 Å². The van der Waals surface area contributed by atoms with Crippen molar-refractivity contribution < 1.29 is 9.18 Å². The van der Waals surface area contributed by atoms with Crippen LogP contribution >= 0.6 is 24.0 Å². The van der Waals surface area contributed by atoms with E-state index in [2.05, 4.69) is 5.32 Å². The number of carbonyl (C=O) groups excluding carboxylic acids is 1. The van der Waals surface area contributed by atoms with Crippen LogP contribution in [0.15, 0.2) is 18.2 Å². The van der Waals surface area contributed by atoms with Crippen molar-refractivity contribution in [3.05, 3.63) is 34.6 Å². The number of amides is 1. The predicted octanol–water partition coefficient (Wildman–Crippen LogP) is 2.72. The molecule has 3 nitrogen and oxygen atoms in total. The average molecular weight is 307 g/mol. The van der Waals surface area contributed by atoms with Gasteiger partial charge in [-0.1, -0.05) is 17.7 Å². The van der Waals surface area contributed by atoms with Crippen LogP contribution in [0.25, 0.3) is 0 Å². The molecule has 2 rings (SSSR count). The van der Waals surface area contributed by atoms with E-state index in [0.29, 0.717) is 6.54 Å². The summed E-state index contributed by atoms with van der Waals surface area (Å²) in [4.78, 5) is 14.1. The molecule has 2 atom stereocenters. The van der Waals surface area contributed by atoms with Gasteiger partial charge in [0.2, 0.25) is 0 Å². The highest BCUT2D eigenvalue weighted by Crippen LogP contribution is 2.22. The van der Waals surface area contributed by atoms with Gasteiger partial charge < -0.3 is 10.2 Å². The zero-order valence-corrected chi connectivity index (χ0v) is 12.4. The highest BCUT2D eigenvalue weighted by Gasteiger charge is 2.28. The number of halogens is 3. The lowest BCUT2D eigenvalue weighted by Crippen LogP contribution is -2.56. The van der Waals surface area contributed by atoms with Gasteiger partial charge in [0.25, 0.3) is 5.91 Å². The minimum atomic E-state index is -0.557. The largest absolute Gasteiger partial charge is 0.333 e. The van der Waals surface area contributed by atoms with Crippen molar-refractivity contribution in [2.45, 2.75) is 25.9 Å². The summed E-state index contributed by atoms with van der Waals surface area (Å²) in [7, 11) is 0. The van der Waals surface area contributed by atoms with Gasteiger partial charge in [-0.2, -0.15) is 0 Å². The molecule has 0 radical (unpaired) electrons. The van der Waals surface area contributed by atoms with Crippen molar-refractivity contribution in [2.75, 3.05) is 13.1 Å². The van der Waals surface area contributed by atoms with Crippen molar-refractivity contribution in [1.29, 1.82) is 0 Å². The summed E-state index contributed by atoms with van der Waals surface area (Å²) in [5.41, 5.74) is 0.234. The first kappa shape index (κ1) is 16.2. The van der Waals surface area contributed by atoms with E-state index in [9.17, 15) is 9.18 Å². The summed E-state index contributed by atoms with van der Waals surface area (Å²) in [5.74, 6) is -0.765. The second-order valence-corrected chi connectivity index (χ2v) is 5.10. The summed E-state index contributed by atoms with van der Waals surface area (Å²) < 4.78 is 13.4. The number of carbonyl (C=O) groups is 1. The topological polar surface area (TPSA) is 32.3 Å². The van der Waals surface area contributed by atoms with E-state index in [4.69, 9.17) is 11.6 Å². The number of piperazine rings is 1. The van der Waals surface area contributed by atoms with Crippen LogP contribution in [0, 0.1) is 5.82 Å². The average Bonchev–Trinajstić information content (AvgIpc) is 2.35. The maximum atomic E-state index is 13.4. The fourth-order valence-corrected chi connectivity index (χ4v) is 2.34. The Labute approximate surface area is 123 Å². The maximum Gasteiger partial charge on any atom is 0.255 e. The smallest absolute Gasteiger partial charge is 0.255 e. The van der Waals surface area contributed by atoms with Crippen molar-refractivity contribution in [3.8, 4) is 0 Å². The molecule has 1 fully saturated rings. The molecule has 1 N–H and O–H groups in total. The van der Waals surface area contributed by atoms with E-state index in [1.807, 2.05) is 13.8 Å². The van der Waals surface area contributed by atoms with Gasteiger partial charge in [-0.25, -0.2) is 4.39 Å². The minimum Gasteiger partial charge on any atom is -0.333 e. The molecule has 1 amide bonds. The van der Waals surface area contributed by atoms with Crippen LogP contribution < -0.4 is 5.32 Å². The van der Waals surface area contributed by atoms with Crippen LogP contribution in [0.5, 0.6) is 0 Å². The Balaban J connectivity index is 0.00000180. The second kappa shape index (κ2) is 6.55. The number of benzene rings is 1. The number of nitrogens with zero attached hydrogens (tertiary/aromatic N) is 1. The van der Waals surface area contributed by atoms with Crippen molar-refractivity contribution in [3.63, 3.8) is 0 Å². The van der Waals surface area contributed by atoms with Gasteiger partial charge in [0.1, 0.15) is 5.82 Å². The van der Waals surface area contributed by atoms with Gasteiger partial charge in [-0.3, -0.25) is 4.79 Å². The molecular weight excluding hydrogens is 290 g/mol. The lowest BCUT2D eigenvalue weighted by atomic mass is 10.1. The third-order valence-electron chi connectivity index (χ3n) is 3.21. The van der Waals surface area contributed by atoms with Crippen molar-refractivity contribution >= 4 is 29.9 Å². The number of nitrogens with one attached hydrogen (secondary N) is 1. The first-order valence-corrected chi connectivity index (χ1v) is 6.37. The lowest BCUT2D eigenvalue weighted by Gasteiger charge is -2.37. The molecule has 0 saturated carbocycles. The number of rotatable bonds is 1. The van der Waals surface area contributed by atoms with Gasteiger partial charge in [0.15, 0.2) is 0 Å². The van der Waals surface area contributed by atoms with Crippen LogP contribution in [0.1, 0.15) is 24.2 Å². The highest BCUT2D eigenvalue weighted by molar-refractivity contribution is 6.34. The molecule has 1 aromatic rings. The van der Waals surface area contributed by atoms with Crippen LogP contribution in [0.4, 0.5) is 4.39 Å². The van der Waals surface area contributed by atoms with Gasteiger partial charge in [0.05, 0.1) is 10.6 Å². The SMILES string of the molecule is CC1CN(C(=O)c2cccc(F)c2Cl)C(C)CN1.Cl. The molecule has 1 aliphatic heterocycles. The van der Waals surface area contributed by atoms with E-state index in [1.165, 1.54) is 12.1 Å². The molecular formula is C13H17Cl2FN2O. The Bertz CT molecular complexity index is 470. The monoisotopic (exact) mass is 306 g/mol. The Morgan fingerprint density at radius 1 is 1.47 bits per heavy atom. The van der Waals surface area contributed by atoms with E-state index in [-0.39, 0.29) is 41.0 Å². The molecule has 2 unspecified atom stereocenters. The molecule has 0 aliphatic carbocycles. The summed E-state index contributed by atoms with van der Waals surface area (Å²) in [6.07, 6.45) is 0. The standard InChI is InChI=1S/C13H16ClFN2O.ClH/c1-8-7-17(9(2)6-16-8)13(18)10-4-3-5-11(15)12(10)14;/h3-5,8-9,16H,6-7H2,1-2H3;1H. The summed E-state index contributed by atoms with van der Waals surface area (Å²) >= 11 is 5.85. The number of hydrogen-bond donors (Lipinski definition) is 1. The van der Waals surface area contributed by atoms with Crippen molar-refractivity contribution in [2.24, 2.45) is 0 Å². The number of hydrogen-bond acceptors (Lipinski definition) is 2. The maximum absolute atomic E-state index is 13.4. The van der Waals surface area contributed by atoms with E-state index < -0.39 is 5.82 Å². The molecule has 19 heavy (non-hydrogen) atoms. The van der Waals surface area contributed by atoms with Gasteiger partial charge in [-0.15, -0.1) is 12.4 Å². The quantitative estimate of drug-likeness (QED) is 0.865. The van der Waals surface area contributed by atoms with E-state index >= 15 is 0 Å². The molecule has 1 aliphatic rings. The fraction of sp³-hybridized carbons (Fsp3) is 0.462. The third kappa shape index (κ3) is 3.38. The van der Waals surface area contributed by atoms with Crippen LogP contribution in [0.2, 0.25) is 5.02 Å². The first-order valence-electron chi connectivity index (χ1n) is 5.99. The van der Waals surface area contributed by atoms with Gasteiger partial charge >= 0.3 is 0 Å². The molecule has 1 aromatic carbocycles. The fourth-order valence-electron chi connectivity index (χ4n) is 2.13. The summed E-state index contributed by atoms with van der Waals surface area (Å²) in [5, 5.41) is 3.20. The van der Waals surface area contributed by atoms with Crippen LogP contribution in [-0.4, -0.2) is 36.0 Å². The Morgan fingerprint density at radius 2 is 2.16 bits per heavy atom. The van der Waals surface area contributed by atoms with Crippen LogP contribution in [0.3, 0.4) is 0 Å². The minimum absolute atomic E-state index is 0. The Hall–Kier alpha value is -0.840. The summed E-state index contributed by atoms with van der Waals surface area (Å²) in [6, 6.07) is 4.63. The highest BCUT2D eigenvalue weighted by atomic mass is 35.5. The molecule has 1 heterocycles. The van der Waals surface area contributed by atoms with E-state index in [1.54, 1.807) is 11.0 Å². The Kier molecular flexibility index (Phi) is 5.59. The molecule has 0 aromatic heterocycles. The molecule has 0 spiro atoms. The zero-order chi connectivity index (χ0) is 13.3. The van der Waals surface area contributed by atoms with E-state index in [0.717, 1.165) is 6.54 Å². The normalized spacial score (nSPS) is 22.8. The third-order valence-corrected chi connectivity index (χ3v) is 3.59. The Morgan fingerprint density at radius 3 is 2.84 bits per heavy atom. The summed E-state index contributed by atoms with van der Waals surface area (Å²) in [6.45, 7) is 5.32. The molecule has 106 valence electrons. The first-order chi connectivity index (χ1) is 8.50. The van der Waals surface area contributed by atoms with Gasteiger partial charge in [0, 0.05) is 25.2 Å². The molecule has 6 heteroatoms. The predicted molar refractivity (Wildman–Crippen MR) is 76.6 cm³/mol. The second-order valence-electron chi connectivity index (χ2n) is 4.72. The molecule has 1 saturated heterocycles.